The van der Waals surface area contributed by atoms with Gasteiger partial charge in [-0.2, -0.15) is 0 Å². The maximum Gasteiger partial charge on any atom is 0.319 e. The molecule has 1 saturated heterocycles. The number of hydrogen-bond acceptors (Lipinski definition) is 5. The Labute approximate surface area is 140 Å². The lowest BCUT2D eigenvalue weighted by Crippen LogP contribution is -2.51. The summed E-state index contributed by atoms with van der Waals surface area (Å²) in [5, 5.41) is 5.23. The summed E-state index contributed by atoms with van der Waals surface area (Å²) < 4.78 is 15.7. The first-order valence-electron chi connectivity index (χ1n) is 7.27. The Morgan fingerprint density at radius 1 is 1.33 bits per heavy atom. The van der Waals surface area contributed by atoms with Gasteiger partial charge in [-0.1, -0.05) is 19.2 Å². The maximum atomic E-state index is 12.4. The van der Waals surface area contributed by atoms with Gasteiger partial charge in [0.05, 0.1) is 20.3 Å². The highest BCUT2D eigenvalue weighted by atomic mass is 16.5. The van der Waals surface area contributed by atoms with Crippen molar-refractivity contribution < 1.29 is 23.8 Å². The molecule has 0 bridgehead atoms. The van der Waals surface area contributed by atoms with Gasteiger partial charge >= 0.3 is 12.0 Å². The summed E-state index contributed by atoms with van der Waals surface area (Å²) in [6.45, 7) is 7.36. The van der Waals surface area contributed by atoms with E-state index in [1.807, 2.05) is 0 Å². The van der Waals surface area contributed by atoms with E-state index >= 15 is 0 Å². The van der Waals surface area contributed by atoms with Crippen LogP contribution in [0.2, 0.25) is 0 Å². The fourth-order valence-corrected chi connectivity index (χ4v) is 2.53. The molecule has 7 heteroatoms. The van der Waals surface area contributed by atoms with E-state index in [4.69, 9.17) is 14.2 Å². The normalized spacial score (nSPS) is 19.8. The zero-order valence-corrected chi connectivity index (χ0v) is 13.6. The molecule has 1 aliphatic rings. The van der Waals surface area contributed by atoms with Gasteiger partial charge in [0.25, 0.3) is 0 Å². The standard InChI is InChI=1S/C17H20N2O5/c1-5-8-24-16(20)14-10(2)18-17(21)19-15(14)12-9-11(22-3)6-7-13(12)23-4/h5-7,9,14-15H,1-2,8H2,3-4H3,(H2,18,19,21)/t14-,15+/m0/s1. The molecule has 0 unspecified atom stereocenters. The van der Waals surface area contributed by atoms with E-state index < -0.39 is 24.0 Å². The number of carbonyl (C=O) groups excluding carboxylic acids is 2. The minimum atomic E-state index is -0.816. The Hall–Kier alpha value is -2.96. The Morgan fingerprint density at radius 2 is 2.08 bits per heavy atom. The van der Waals surface area contributed by atoms with E-state index in [2.05, 4.69) is 23.8 Å². The Kier molecular flexibility index (Phi) is 5.47. The van der Waals surface area contributed by atoms with E-state index in [0.717, 1.165) is 0 Å². The van der Waals surface area contributed by atoms with Crippen molar-refractivity contribution in [1.29, 1.82) is 0 Å². The third-order valence-corrected chi connectivity index (χ3v) is 3.64. The minimum Gasteiger partial charge on any atom is -0.497 e. The maximum absolute atomic E-state index is 12.4. The van der Waals surface area contributed by atoms with Gasteiger partial charge in [0.15, 0.2) is 0 Å². The summed E-state index contributed by atoms with van der Waals surface area (Å²) in [5.74, 6) is -0.259. The average Bonchev–Trinajstić information content (AvgIpc) is 2.58. The second-order valence-electron chi connectivity index (χ2n) is 5.11. The first-order chi connectivity index (χ1) is 11.5. The SMILES string of the molecule is C=CCOC(=O)[C@H]1C(=C)NC(=O)N[C@@H]1c1cc(OC)ccc1OC. The van der Waals surface area contributed by atoms with E-state index in [0.29, 0.717) is 17.1 Å². The molecule has 24 heavy (non-hydrogen) atoms. The molecule has 0 saturated carbocycles. The number of methoxy groups -OCH3 is 2. The summed E-state index contributed by atoms with van der Waals surface area (Å²) >= 11 is 0. The van der Waals surface area contributed by atoms with E-state index in [1.54, 1.807) is 18.2 Å². The number of urea groups is 1. The molecule has 0 radical (unpaired) electrons. The molecule has 0 aliphatic carbocycles. The summed E-state index contributed by atoms with van der Waals surface area (Å²) in [6, 6.07) is 3.98. The summed E-state index contributed by atoms with van der Waals surface area (Å²) in [5.41, 5.74) is 0.844. The van der Waals surface area contributed by atoms with Crippen molar-refractivity contribution >= 4 is 12.0 Å². The number of nitrogens with one attached hydrogen (secondary N) is 2. The van der Waals surface area contributed by atoms with Crippen LogP contribution in [0.25, 0.3) is 0 Å². The minimum absolute atomic E-state index is 0.0680. The van der Waals surface area contributed by atoms with Crippen molar-refractivity contribution in [2.24, 2.45) is 5.92 Å². The Morgan fingerprint density at radius 3 is 2.71 bits per heavy atom. The number of carbonyl (C=O) groups is 2. The highest BCUT2D eigenvalue weighted by Crippen LogP contribution is 2.37. The van der Waals surface area contributed by atoms with Crippen LogP contribution in [0.4, 0.5) is 4.79 Å². The Bertz CT molecular complexity index is 671. The lowest BCUT2D eigenvalue weighted by molar-refractivity contribution is -0.147. The highest BCUT2D eigenvalue weighted by Gasteiger charge is 2.40. The van der Waals surface area contributed by atoms with Crippen LogP contribution in [0.5, 0.6) is 11.5 Å². The molecular formula is C17H20N2O5. The van der Waals surface area contributed by atoms with Crippen LogP contribution >= 0.6 is 0 Å². The van der Waals surface area contributed by atoms with Gasteiger partial charge in [-0.25, -0.2) is 4.79 Å². The van der Waals surface area contributed by atoms with Gasteiger partial charge in [-0.3, -0.25) is 4.79 Å². The summed E-state index contributed by atoms with van der Waals surface area (Å²) in [7, 11) is 3.04. The van der Waals surface area contributed by atoms with Crippen molar-refractivity contribution in [1.82, 2.24) is 10.6 Å². The third-order valence-electron chi connectivity index (χ3n) is 3.64. The van der Waals surface area contributed by atoms with E-state index in [1.165, 1.54) is 20.3 Å². The van der Waals surface area contributed by atoms with Gasteiger partial charge in [0.2, 0.25) is 0 Å². The Balaban J connectivity index is 2.45. The van der Waals surface area contributed by atoms with Crippen LogP contribution in [-0.4, -0.2) is 32.8 Å². The van der Waals surface area contributed by atoms with Crippen LogP contribution in [-0.2, 0) is 9.53 Å². The molecule has 1 aromatic rings. The zero-order chi connectivity index (χ0) is 17.7. The molecule has 1 heterocycles. The lowest BCUT2D eigenvalue weighted by Gasteiger charge is -2.33. The van der Waals surface area contributed by atoms with E-state index in [-0.39, 0.29) is 12.3 Å². The first kappa shape index (κ1) is 17.4. The molecule has 0 aromatic heterocycles. The van der Waals surface area contributed by atoms with Crippen LogP contribution in [0.1, 0.15) is 11.6 Å². The average molecular weight is 332 g/mol. The number of benzene rings is 1. The second kappa shape index (κ2) is 7.54. The van der Waals surface area contributed by atoms with Crippen LogP contribution in [0, 0.1) is 5.92 Å². The fourth-order valence-electron chi connectivity index (χ4n) is 2.53. The van der Waals surface area contributed by atoms with E-state index in [9.17, 15) is 9.59 Å². The van der Waals surface area contributed by atoms with Gasteiger partial charge in [0.1, 0.15) is 24.0 Å². The topological polar surface area (TPSA) is 85.9 Å². The largest absolute Gasteiger partial charge is 0.497 e. The molecule has 2 N–H and O–H groups in total. The van der Waals surface area contributed by atoms with Crippen molar-refractivity contribution in [3.63, 3.8) is 0 Å². The predicted molar refractivity (Wildman–Crippen MR) is 87.7 cm³/mol. The zero-order valence-electron chi connectivity index (χ0n) is 13.6. The summed E-state index contributed by atoms with van der Waals surface area (Å²) in [4.78, 5) is 24.3. The van der Waals surface area contributed by atoms with Gasteiger partial charge in [-0.05, 0) is 18.2 Å². The first-order valence-corrected chi connectivity index (χ1v) is 7.27. The number of ether oxygens (including phenoxy) is 3. The smallest absolute Gasteiger partial charge is 0.319 e. The van der Waals surface area contributed by atoms with Crippen molar-refractivity contribution in [3.05, 3.63) is 48.7 Å². The molecule has 1 aliphatic heterocycles. The molecule has 0 spiro atoms. The van der Waals surface area contributed by atoms with Gasteiger partial charge in [0, 0.05) is 11.3 Å². The summed E-state index contributed by atoms with van der Waals surface area (Å²) in [6.07, 6.45) is 1.47. The quantitative estimate of drug-likeness (QED) is 0.614. The van der Waals surface area contributed by atoms with Crippen LogP contribution < -0.4 is 20.1 Å². The number of rotatable bonds is 6. The predicted octanol–water partition coefficient (Wildman–Crippen LogP) is 1.92. The van der Waals surface area contributed by atoms with Crippen molar-refractivity contribution in [3.8, 4) is 11.5 Å². The molecule has 2 amide bonds. The number of amides is 2. The lowest BCUT2D eigenvalue weighted by atomic mass is 9.88. The van der Waals surface area contributed by atoms with Gasteiger partial charge < -0.3 is 24.8 Å². The van der Waals surface area contributed by atoms with Crippen LogP contribution in [0.15, 0.2) is 43.1 Å². The van der Waals surface area contributed by atoms with Crippen LogP contribution in [0.3, 0.4) is 0 Å². The van der Waals surface area contributed by atoms with Gasteiger partial charge in [-0.15, -0.1) is 0 Å². The van der Waals surface area contributed by atoms with Crippen molar-refractivity contribution in [2.75, 3.05) is 20.8 Å². The number of hydrogen-bond donors (Lipinski definition) is 2. The molecule has 2 rings (SSSR count). The molecule has 1 fully saturated rings. The third kappa shape index (κ3) is 3.51. The molecular weight excluding hydrogens is 312 g/mol. The monoisotopic (exact) mass is 332 g/mol. The number of esters is 1. The fraction of sp³-hybridized carbons (Fsp3) is 0.294. The van der Waals surface area contributed by atoms with Crippen molar-refractivity contribution in [2.45, 2.75) is 6.04 Å². The second-order valence-corrected chi connectivity index (χ2v) is 5.11. The highest BCUT2D eigenvalue weighted by molar-refractivity contribution is 5.85. The molecule has 128 valence electrons. The molecule has 2 atom stereocenters. The molecule has 1 aromatic carbocycles. The molecule has 7 nitrogen and oxygen atoms in total.